The van der Waals surface area contributed by atoms with E-state index in [1.807, 2.05) is 4.90 Å². The van der Waals surface area contributed by atoms with Crippen LogP contribution in [0.2, 0.25) is 0 Å². The second-order valence-electron chi connectivity index (χ2n) is 6.95. The molecule has 8 nitrogen and oxygen atoms in total. The molecule has 0 spiro atoms. The number of hydrogen-bond acceptors (Lipinski definition) is 7. The van der Waals surface area contributed by atoms with Gasteiger partial charge in [0, 0.05) is 57.5 Å². The number of piperidine rings is 1. The molecule has 4 heterocycles. The van der Waals surface area contributed by atoms with Crippen LogP contribution < -0.4 is 0 Å². The lowest BCUT2D eigenvalue weighted by Crippen LogP contribution is -2.38. The SMILES string of the molecule is CN(C)C(=O)c1sc2nccnc2c1C1CCN(C(=O)c2cncnc2)CC1. The van der Waals surface area contributed by atoms with Crippen LogP contribution in [0.15, 0.2) is 31.1 Å². The first-order chi connectivity index (χ1) is 13.6. The van der Waals surface area contributed by atoms with Crippen molar-refractivity contribution in [2.75, 3.05) is 27.2 Å². The van der Waals surface area contributed by atoms with E-state index in [1.165, 1.54) is 30.1 Å². The largest absolute Gasteiger partial charge is 0.344 e. The summed E-state index contributed by atoms with van der Waals surface area (Å²) < 4.78 is 0. The lowest BCUT2D eigenvalue weighted by Gasteiger charge is -2.32. The molecule has 144 valence electrons. The molecule has 3 aromatic heterocycles. The monoisotopic (exact) mass is 396 g/mol. The topological polar surface area (TPSA) is 92.2 Å². The van der Waals surface area contributed by atoms with E-state index >= 15 is 0 Å². The highest BCUT2D eigenvalue weighted by Crippen LogP contribution is 2.39. The molecular weight excluding hydrogens is 376 g/mol. The summed E-state index contributed by atoms with van der Waals surface area (Å²) in [5, 5.41) is 0. The third-order valence-electron chi connectivity index (χ3n) is 4.96. The van der Waals surface area contributed by atoms with Gasteiger partial charge in [0.15, 0.2) is 0 Å². The van der Waals surface area contributed by atoms with Crippen LogP contribution in [0.5, 0.6) is 0 Å². The zero-order valence-corrected chi connectivity index (χ0v) is 16.5. The summed E-state index contributed by atoms with van der Waals surface area (Å²) in [6.45, 7) is 1.23. The van der Waals surface area contributed by atoms with Crippen LogP contribution in [-0.4, -0.2) is 68.7 Å². The molecule has 1 saturated heterocycles. The van der Waals surface area contributed by atoms with E-state index in [4.69, 9.17) is 0 Å². The first-order valence-corrected chi connectivity index (χ1v) is 9.87. The summed E-state index contributed by atoms with van der Waals surface area (Å²) in [4.78, 5) is 47.0. The molecule has 0 unspecified atom stereocenters. The second-order valence-corrected chi connectivity index (χ2v) is 7.95. The van der Waals surface area contributed by atoms with Crippen LogP contribution in [-0.2, 0) is 0 Å². The van der Waals surface area contributed by atoms with Gasteiger partial charge >= 0.3 is 0 Å². The molecule has 0 N–H and O–H groups in total. The van der Waals surface area contributed by atoms with Crippen molar-refractivity contribution in [3.63, 3.8) is 0 Å². The van der Waals surface area contributed by atoms with Crippen LogP contribution in [0.4, 0.5) is 0 Å². The molecule has 0 saturated carbocycles. The average Bonchev–Trinajstić information content (AvgIpc) is 3.12. The highest BCUT2D eigenvalue weighted by molar-refractivity contribution is 7.20. The summed E-state index contributed by atoms with van der Waals surface area (Å²) in [6.07, 6.45) is 9.35. The van der Waals surface area contributed by atoms with E-state index < -0.39 is 0 Å². The summed E-state index contributed by atoms with van der Waals surface area (Å²) in [5.74, 6) is 0.0822. The molecular formula is C19H20N6O2S. The van der Waals surface area contributed by atoms with E-state index in [-0.39, 0.29) is 17.7 Å². The molecule has 0 radical (unpaired) electrons. The van der Waals surface area contributed by atoms with Gasteiger partial charge in [0.1, 0.15) is 16.7 Å². The minimum Gasteiger partial charge on any atom is -0.344 e. The third-order valence-corrected chi connectivity index (χ3v) is 6.05. The Kier molecular flexibility index (Phi) is 4.99. The molecule has 0 aliphatic carbocycles. The number of hydrogen-bond donors (Lipinski definition) is 0. The standard InChI is InChI=1S/C19H20N6O2S/c1-24(2)19(27)16-14(15-17(28-16)23-6-5-22-15)12-3-7-25(8-4-12)18(26)13-9-20-11-21-10-13/h5-6,9-12H,3-4,7-8H2,1-2H3. The van der Waals surface area contributed by atoms with Crippen molar-refractivity contribution in [3.8, 4) is 0 Å². The van der Waals surface area contributed by atoms with Gasteiger partial charge in [0.25, 0.3) is 11.8 Å². The zero-order valence-electron chi connectivity index (χ0n) is 15.7. The Morgan fingerprint density at radius 2 is 1.79 bits per heavy atom. The number of nitrogens with zero attached hydrogens (tertiary/aromatic N) is 6. The number of fused-ring (bicyclic) bond motifs is 1. The minimum absolute atomic E-state index is 0.0280. The van der Waals surface area contributed by atoms with Crippen molar-refractivity contribution in [1.82, 2.24) is 29.7 Å². The molecule has 0 bridgehead atoms. The van der Waals surface area contributed by atoms with Crippen molar-refractivity contribution in [2.45, 2.75) is 18.8 Å². The third kappa shape index (κ3) is 3.33. The number of thiophene rings is 1. The summed E-state index contributed by atoms with van der Waals surface area (Å²) in [6, 6.07) is 0. The highest BCUT2D eigenvalue weighted by atomic mass is 32.1. The van der Waals surface area contributed by atoms with E-state index in [9.17, 15) is 9.59 Å². The van der Waals surface area contributed by atoms with E-state index in [2.05, 4.69) is 19.9 Å². The molecule has 1 aliphatic heterocycles. The van der Waals surface area contributed by atoms with Gasteiger partial charge in [-0.25, -0.2) is 15.0 Å². The maximum atomic E-state index is 12.7. The van der Waals surface area contributed by atoms with Crippen molar-refractivity contribution in [2.24, 2.45) is 0 Å². The smallest absolute Gasteiger partial charge is 0.263 e. The van der Waals surface area contributed by atoms with Crippen molar-refractivity contribution >= 4 is 33.5 Å². The lowest BCUT2D eigenvalue weighted by atomic mass is 9.88. The molecule has 0 aromatic carbocycles. The van der Waals surface area contributed by atoms with Gasteiger partial charge in [-0.1, -0.05) is 0 Å². The molecule has 9 heteroatoms. The fourth-order valence-corrected chi connectivity index (χ4v) is 4.76. The number of carbonyl (C=O) groups is 2. The van der Waals surface area contributed by atoms with Gasteiger partial charge in [0.05, 0.1) is 10.4 Å². The van der Waals surface area contributed by atoms with Crippen molar-refractivity contribution in [1.29, 1.82) is 0 Å². The number of rotatable bonds is 3. The van der Waals surface area contributed by atoms with Crippen LogP contribution >= 0.6 is 11.3 Å². The Morgan fingerprint density at radius 3 is 2.46 bits per heavy atom. The first-order valence-electron chi connectivity index (χ1n) is 9.05. The second kappa shape index (κ2) is 7.59. The first kappa shape index (κ1) is 18.4. The summed E-state index contributed by atoms with van der Waals surface area (Å²) >= 11 is 1.40. The van der Waals surface area contributed by atoms with Gasteiger partial charge in [0.2, 0.25) is 0 Å². The zero-order chi connectivity index (χ0) is 19.7. The Bertz CT molecular complexity index is 1010. The van der Waals surface area contributed by atoms with Crippen LogP contribution in [0.3, 0.4) is 0 Å². The minimum atomic E-state index is -0.0568. The van der Waals surface area contributed by atoms with Crippen molar-refractivity contribution < 1.29 is 9.59 Å². The molecule has 3 aromatic rings. The maximum absolute atomic E-state index is 12.7. The number of carbonyl (C=O) groups excluding carboxylic acids is 2. The number of likely N-dealkylation sites (tertiary alicyclic amines) is 1. The Hall–Kier alpha value is -2.94. The Balaban J connectivity index is 1.59. The van der Waals surface area contributed by atoms with E-state index in [0.29, 0.717) is 23.5 Å². The van der Waals surface area contributed by atoms with Crippen LogP contribution in [0.25, 0.3) is 10.3 Å². The molecule has 1 fully saturated rings. The predicted octanol–water partition coefficient (Wildman–Crippen LogP) is 2.20. The quantitative estimate of drug-likeness (QED) is 0.674. The molecule has 2 amide bonds. The van der Waals surface area contributed by atoms with Gasteiger partial charge in [-0.3, -0.25) is 14.6 Å². The molecule has 4 rings (SSSR count). The normalized spacial score (nSPS) is 15.0. The summed E-state index contributed by atoms with van der Waals surface area (Å²) in [5.41, 5.74) is 2.28. The van der Waals surface area contributed by atoms with Gasteiger partial charge in [-0.05, 0) is 18.8 Å². The maximum Gasteiger partial charge on any atom is 0.263 e. The molecule has 28 heavy (non-hydrogen) atoms. The van der Waals surface area contributed by atoms with Crippen LogP contribution in [0, 0.1) is 0 Å². The lowest BCUT2D eigenvalue weighted by molar-refractivity contribution is 0.0709. The molecule has 0 atom stereocenters. The fourth-order valence-electron chi connectivity index (χ4n) is 3.55. The van der Waals surface area contributed by atoms with Crippen LogP contribution in [0.1, 0.15) is 44.4 Å². The Morgan fingerprint density at radius 1 is 1.11 bits per heavy atom. The summed E-state index contributed by atoms with van der Waals surface area (Å²) in [7, 11) is 3.50. The van der Waals surface area contributed by atoms with Crippen molar-refractivity contribution in [3.05, 3.63) is 47.1 Å². The highest BCUT2D eigenvalue weighted by Gasteiger charge is 2.31. The fraction of sp³-hybridized carbons (Fsp3) is 0.368. The van der Waals surface area contributed by atoms with Gasteiger partial charge in [-0.2, -0.15) is 0 Å². The predicted molar refractivity (Wildman–Crippen MR) is 105 cm³/mol. The number of amides is 2. The van der Waals surface area contributed by atoms with Gasteiger partial charge in [-0.15, -0.1) is 11.3 Å². The van der Waals surface area contributed by atoms with Gasteiger partial charge < -0.3 is 9.80 Å². The number of aromatic nitrogens is 4. The average molecular weight is 396 g/mol. The molecule has 1 aliphatic rings. The Labute approximate surface area is 166 Å². The van der Waals surface area contributed by atoms with E-state index in [1.54, 1.807) is 31.4 Å². The van der Waals surface area contributed by atoms with E-state index in [0.717, 1.165) is 28.8 Å².